The average molecular weight is 252 g/mol. The summed E-state index contributed by atoms with van der Waals surface area (Å²) >= 11 is 0. The van der Waals surface area contributed by atoms with E-state index in [-0.39, 0.29) is 23.4 Å². The summed E-state index contributed by atoms with van der Waals surface area (Å²) in [4.78, 5) is 11.8. The monoisotopic (exact) mass is 252 g/mol. The van der Waals surface area contributed by atoms with E-state index < -0.39 is 0 Å². The molecule has 0 aliphatic heterocycles. The number of carbonyl (C=O) groups is 1. The predicted octanol–water partition coefficient (Wildman–Crippen LogP) is 2.61. The molecule has 1 aromatic rings. The van der Waals surface area contributed by atoms with Gasteiger partial charge in [0, 0.05) is 12.5 Å². The minimum Gasteiger partial charge on any atom is -0.467 e. The van der Waals surface area contributed by atoms with Crippen LogP contribution in [0.3, 0.4) is 0 Å². The first-order valence-electron chi connectivity index (χ1n) is 6.36. The van der Waals surface area contributed by atoms with Gasteiger partial charge in [-0.2, -0.15) is 0 Å². The van der Waals surface area contributed by atoms with E-state index in [4.69, 9.17) is 10.2 Å². The molecule has 2 atom stereocenters. The normalized spacial score (nSPS) is 15.2. The predicted molar refractivity (Wildman–Crippen MR) is 71.9 cm³/mol. The average Bonchev–Trinajstić information content (AvgIpc) is 2.65. The van der Waals surface area contributed by atoms with E-state index in [1.165, 1.54) is 0 Å². The Labute approximate surface area is 109 Å². The Bertz CT molecular complexity index is 366. The van der Waals surface area contributed by atoms with Crippen LogP contribution in [0.25, 0.3) is 0 Å². The Balaban J connectivity index is 2.38. The molecule has 0 saturated heterocycles. The van der Waals surface area contributed by atoms with Gasteiger partial charge in [-0.3, -0.25) is 4.79 Å². The molecule has 18 heavy (non-hydrogen) atoms. The lowest BCUT2D eigenvalue weighted by Crippen LogP contribution is -2.35. The first-order chi connectivity index (χ1) is 8.28. The second kappa shape index (κ2) is 6.05. The molecular formula is C14H24N2O2. The minimum atomic E-state index is -0.116. The lowest BCUT2D eigenvalue weighted by atomic mass is 9.87. The number of rotatable bonds is 5. The molecule has 0 aliphatic carbocycles. The van der Waals surface area contributed by atoms with Crippen molar-refractivity contribution in [2.75, 3.05) is 0 Å². The van der Waals surface area contributed by atoms with Gasteiger partial charge in [-0.25, -0.2) is 0 Å². The molecular weight excluding hydrogens is 228 g/mol. The topological polar surface area (TPSA) is 68.3 Å². The fraction of sp³-hybridized carbons (Fsp3) is 0.643. The second-order valence-electron chi connectivity index (χ2n) is 6.03. The third kappa shape index (κ3) is 5.36. The third-order valence-electron chi connectivity index (χ3n) is 2.67. The van der Waals surface area contributed by atoms with Crippen molar-refractivity contribution in [2.24, 2.45) is 11.1 Å². The van der Waals surface area contributed by atoms with Gasteiger partial charge >= 0.3 is 0 Å². The number of carbonyl (C=O) groups excluding carboxylic acids is 1. The van der Waals surface area contributed by atoms with Crippen molar-refractivity contribution in [3.05, 3.63) is 24.2 Å². The van der Waals surface area contributed by atoms with E-state index in [1.54, 1.807) is 6.26 Å². The number of amides is 1. The van der Waals surface area contributed by atoms with Gasteiger partial charge in [-0.15, -0.1) is 0 Å². The van der Waals surface area contributed by atoms with E-state index in [0.717, 1.165) is 12.2 Å². The molecule has 2 unspecified atom stereocenters. The van der Waals surface area contributed by atoms with Gasteiger partial charge in [0.15, 0.2) is 0 Å². The molecule has 0 fully saturated rings. The van der Waals surface area contributed by atoms with Crippen LogP contribution in [0.2, 0.25) is 0 Å². The van der Waals surface area contributed by atoms with Crippen molar-refractivity contribution < 1.29 is 9.21 Å². The van der Waals surface area contributed by atoms with Crippen molar-refractivity contribution in [1.82, 2.24) is 5.32 Å². The van der Waals surface area contributed by atoms with Gasteiger partial charge in [0.2, 0.25) is 5.91 Å². The summed E-state index contributed by atoms with van der Waals surface area (Å²) in [6, 6.07) is 3.44. The molecule has 0 saturated carbocycles. The van der Waals surface area contributed by atoms with Crippen LogP contribution in [-0.4, -0.2) is 11.9 Å². The van der Waals surface area contributed by atoms with Crippen LogP contribution in [0, 0.1) is 5.41 Å². The van der Waals surface area contributed by atoms with Gasteiger partial charge in [0.05, 0.1) is 12.3 Å². The van der Waals surface area contributed by atoms with Gasteiger partial charge < -0.3 is 15.5 Å². The number of hydrogen-bond acceptors (Lipinski definition) is 3. The lowest BCUT2D eigenvalue weighted by Gasteiger charge is -2.23. The van der Waals surface area contributed by atoms with E-state index in [2.05, 4.69) is 26.1 Å². The SMILES string of the molecule is CC(NC(=O)CC(N)CC(C)(C)C)c1ccco1. The quantitative estimate of drug-likeness (QED) is 0.846. The minimum absolute atomic E-state index is 0.0318. The Morgan fingerprint density at radius 2 is 2.17 bits per heavy atom. The molecule has 1 rings (SSSR count). The second-order valence-corrected chi connectivity index (χ2v) is 6.03. The van der Waals surface area contributed by atoms with Crippen LogP contribution in [0.5, 0.6) is 0 Å². The molecule has 0 aromatic carbocycles. The fourth-order valence-corrected chi connectivity index (χ4v) is 2.01. The van der Waals surface area contributed by atoms with Crippen LogP contribution in [-0.2, 0) is 4.79 Å². The molecule has 1 amide bonds. The van der Waals surface area contributed by atoms with Crippen molar-refractivity contribution >= 4 is 5.91 Å². The van der Waals surface area contributed by atoms with Crippen LogP contribution in [0.1, 0.15) is 52.3 Å². The molecule has 1 heterocycles. The summed E-state index contributed by atoms with van der Waals surface area (Å²) in [6.45, 7) is 8.26. The highest BCUT2D eigenvalue weighted by Crippen LogP contribution is 2.21. The summed E-state index contributed by atoms with van der Waals surface area (Å²) in [6.07, 6.45) is 2.78. The first-order valence-corrected chi connectivity index (χ1v) is 6.36. The van der Waals surface area contributed by atoms with Gasteiger partial charge in [-0.05, 0) is 30.9 Å². The summed E-state index contributed by atoms with van der Waals surface area (Å²) in [7, 11) is 0. The van der Waals surface area contributed by atoms with Crippen LogP contribution >= 0.6 is 0 Å². The standard InChI is InChI=1S/C14H24N2O2/c1-10(12-6-5-7-18-12)16-13(17)8-11(15)9-14(2,3)4/h5-7,10-11H,8-9,15H2,1-4H3,(H,16,17). The van der Waals surface area contributed by atoms with Crippen molar-refractivity contribution in [3.8, 4) is 0 Å². The molecule has 4 heteroatoms. The summed E-state index contributed by atoms with van der Waals surface area (Å²) in [5.74, 6) is 0.725. The van der Waals surface area contributed by atoms with E-state index in [9.17, 15) is 4.79 Å². The highest BCUT2D eigenvalue weighted by Gasteiger charge is 2.19. The van der Waals surface area contributed by atoms with Crippen molar-refractivity contribution in [2.45, 2.75) is 52.6 Å². The summed E-state index contributed by atoms with van der Waals surface area (Å²) in [5, 5.41) is 2.89. The largest absolute Gasteiger partial charge is 0.467 e. The first kappa shape index (κ1) is 14.8. The lowest BCUT2D eigenvalue weighted by molar-refractivity contribution is -0.122. The molecule has 3 N–H and O–H groups in total. The maximum absolute atomic E-state index is 11.8. The van der Waals surface area contributed by atoms with Gasteiger partial charge in [0.1, 0.15) is 5.76 Å². The number of hydrogen-bond donors (Lipinski definition) is 2. The molecule has 4 nitrogen and oxygen atoms in total. The van der Waals surface area contributed by atoms with Crippen LogP contribution in [0.4, 0.5) is 0 Å². The van der Waals surface area contributed by atoms with Crippen molar-refractivity contribution in [3.63, 3.8) is 0 Å². The Morgan fingerprint density at radius 3 is 2.67 bits per heavy atom. The Hall–Kier alpha value is -1.29. The van der Waals surface area contributed by atoms with E-state index in [0.29, 0.717) is 6.42 Å². The fourth-order valence-electron chi connectivity index (χ4n) is 2.01. The van der Waals surface area contributed by atoms with Gasteiger partial charge in [0.25, 0.3) is 0 Å². The number of nitrogens with two attached hydrogens (primary N) is 1. The summed E-state index contributed by atoms with van der Waals surface area (Å²) < 4.78 is 5.24. The highest BCUT2D eigenvalue weighted by molar-refractivity contribution is 5.76. The number of nitrogens with one attached hydrogen (secondary N) is 1. The molecule has 102 valence electrons. The number of furan rings is 1. The maximum Gasteiger partial charge on any atom is 0.222 e. The zero-order valence-corrected chi connectivity index (χ0v) is 11.7. The molecule has 0 bridgehead atoms. The van der Waals surface area contributed by atoms with E-state index >= 15 is 0 Å². The Kier molecular flexibility index (Phi) is 4.96. The molecule has 1 aromatic heterocycles. The Morgan fingerprint density at radius 1 is 1.50 bits per heavy atom. The van der Waals surface area contributed by atoms with Crippen LogP contribution < -0.4 is 11.1 Å². The van der Waals surface area contributed by atoms with Crippen LogP contribution in [0.15, 0.2) is 22.8 Å². The molecule has 0 radical (unpaired) electrons. The zero-order chi connectivity index (χ0) is 13.8. The highest BCUT2D eigenvalue weighted by atomic mass is 16.3. The smallest absolute Gasteiger partial charge is 0.222 e. The third-order valence-corrected chi connectivity index (χ3v) is 2.67. The molecule has 0 spiro atoms. The summed E-state index contributed by atoms with van der Waals surface area (Å²) in [5.41, 5.74) is 6.12. The zero-order valence-electron chi connectivity index (χ0n) is 11.7. The maximum atomic E-state index is 11.8. The van der Waals surface area contributed by atoms with Crippen molar-refractivity contribution in [1.29, 1.82) is 0 Å². The van der Waals surface area contributed by atoms with E-state index in [1.807, 2.05) is 19.1 Å². The molecule has 0 aliphatic rings. The van der Waals surface area contributed by atoms with Gasteiger partial charge in [-0.1, -0.05) is 20.8 Å².